The lowest BCUT2D eigenvalue weighted by Crippen LogP contribution is -2.34. The Morgan fingerprint density at radius 2 is 1.97 bits per heavy atom. The van der Waals surface area contributed by atoms with Crippen LogP contribution in [0.4, 0.5) is 0 Å². The number of esters is 1. The molecule has 1 N–H and O–H groups in total. The van der Waals surface area contributed by atoms with E-state index < -0.39 is 0 Å². The second kappa shape index (κ2) is 9.97. The number of aromatic nitrogens is 2. The molecule has 0 aliphatic carbocycles. The van der Waals surface area contributed by atoms with Gasteiger partial charge in [-0.15, -0.1) is 11.3 Å². The van der Waals surface area contributed by atoms with Gasteiger partial charge >= 0.3 is 5.97 Å². The lowest BCUT2D eigenvalue weighted by atomic mass is 10.0. The Kier molecular flexibility index (Phi) is 7.36. The second-order valence-electron chi connectivity index (χ2n) is 7.10. The van der Waals surface area contributed by atoms with Crippen molar-refractivity contribution in [2.45, 2.75) is 27.3 Å². The van der Waals surface area contributed by atoms with Crippen LogP contribution in [0, 0.1) is 13.8 Å². The highest BCUT2D eigenvalue weighted by atomic mass is 32.1. The number of thiophene rings is 1. The van der Waals surface area contributed by atoms with E-state index in [0.29, 0.717) is 42.3 Å². The maximum absolute atomic E-state index is 13.0. The zero-order valence-corrected chi connectivity index (χ0v) is 18.6. The summed E-state index contributed by atoms with van der Waals surface area (Å²) >= 11 is 1.51. The highest BCUT2D eigenvalue weighted by Gasteiger charge is 2.18. The van der Waals surface area contributed by atoms with Crippen molar-refractivity contribution in [2.24, 2.45) is 0 Å². The molecule has 3 rings (SSSR count). The number of nitrogens with one attached hydrogen (secondary N) is 1. The number of hydrogen-bond acceptors (Lipinski definition) is 7. The Bertz CT molecular complexity index is 1070. The van der Waals surface area contributed by atoms with Gasteiger partial charge in [0.1, 0.15) is 10.7 Å². The van der Waals surface area contributed by atoms with E-state index in [0.717, 1.165) is 16.0 Å². The predicted molar refractivity (Wildman–Crippen MR) is 119 cm³/mol. The van der Waals surface area contributed by atoms with Gasteiger partial charge in [0.15, 0.2) is 0 Å². The van der Waals surface area contributed by atoms with Crippen molar-refractivity contribution in [2.75, 3.05) is 33.4 Å². The SMILES string of the molecule is CCOC(=O)CN(CCOC)Cc1nc2sc(C)c(-c3ccc(C)cc3)c2c(=O)[nH]1. The van der Waals surface area contributed by atoms with Crippen molar-refractivity contribution in [1.82, 2.24) is 14.9 Å². The molecule has 0 atom stereocenters. The summed E-state index contributed by atoms with van der Waals surface area (Å²) in [4.78, 5) is 36.1. The summed E-state index contributed by atoms with van der Waals surface area (Å²) in [5.74, 6) is 0.204. The van der Waals surface area contributed by atoms with E-state index in [4.69, 9.17) is 14.5 Å². The first-order chi connectivity index (χ1) is 14.4. The summed E-state index contributed by atoms with van der Waals surface area (Å²) in [6, 6.07) is 8.14. The predicted octanol–water partition coefficient (Wildman–Crippen LogP) is 3.28. The van der Waals surface area contributed by atoms with Crippen LogP contribution in [0.2, 0.25) is 0 Å². The maximum Gasteiger partial charge on any atom is 0.320 e. The molecule has 0 fully saturated rings. The first-order valence-electron chi connectivity index (χ1n) is 9.89. The lowest BCUT2D eigenvalue weighted by Gasteiger charge is -2.20. The summed E-state index contributed by atoms with van der Waals surface area (Å²) in [6.45, 7) is 7.56. The third-order valence-corrected chi connectivity index (χ3v) is 5.77. The van der Waals surface area contributed by atoms with Crippen molar-refractivity contribution in [3.05, 3.63) is 50.9 Å². The molecule has 0 unspecified atom stereocenters. The monoisotopic (exact) mass is 429 g/mol. The fourth-order valence-corrected chi connectivity index (χ4v) is 4.41. The summed E-state index contributed by atoms with van der Waals surface area (Å²) in [6.07, 6.45) is 0. The second-order valence-corrected chi connectivity index (χ2v) is 8.30. The number of ether oxygens (including phenoxy) is 2. The van der Waals surface area contributed by atoms with Gasteiger partial charge in [-0.3, -0.25) is 14.5 Å². The van der Waals surface area contributed by atoms with Crippen LogP contribution in [0.3, 0.4) is 0 Å². The number of H-pyrrole nitrogens is 1. The summed E-state index contributed by atoms with van der Waals surface area (Å²) in [5, 5.41) is 0.610. The van der Waals surface area contributed by atoms with E-state index in [2.05, 4.69) is 4.98 Å². The minimum absolute atomic E-state index is 0.108. The number of aryl methyl sites for hydroxylation is 2. The molecule has 8 heteroatoms. The van der Waals surface area contributed by atoms with Gasteiger partial charge < -0.3 is 14.5 Å². The molecule has 1 aromatic carbocycles. The fraction of sp³-hybridized carbons (Fsp3) is 0.409. The number of carbonyl (C=O) groups excluding carboxylic acids is 1. The first kappa shape index (κ1) is 22.1. The third kappa shape index (κ3) is 5.13. The molecule has 0 aliphatic rings. The van der Waals surface area contributed by atoms with Crippen LogP contribution in [-0.2, 0) is 20.8 Å². The highest BCUT2D eigenvalue weighted by Crippen LogP contribution is 2.35. The molecular formula is C22H27N3O4S. The summed E-state index contributed by atoms with van der Waals surface area (Å²) in [5.41, 5.74) is 2.94. The molecule has 2 heterocycles. The van der Waals surface area contributed by atoms with Gasteiger partial charge in [-0.25, -0.2) is 4.98 Å². The summed E-state index contributed by atoms with van der Waals surface area (Å²) < 4.78 is 10.2. The Morgan fingerprint density at radius 3 is 2.63 bits per heavy atom. The molecule has 7 nitrogen and oxygen atoms in total. The molecule has 3 aromatic rings. The minimum atomic E-state index is -0.314. The Balaban J connectivity index is 1.93. The number of carbonyl (C=O) groups is 1. The van der Waals surface area contributed by atoms with E-state index in [1.54, 1.807) is 14.0 Å². The molecule has 0 saturated carbocycles. The van der Waals surface area contributed by atoms with Crippen molar-refractivity contribution in [3.63, 3.8) is 0 Å². The minimum Gasteiger partial charge on any atom is -0.465 e. The van der Waals surface area contributed by atoms with Crippen LogP contribution in [0.1, 0.15) is 23.2 Å². The van der Waals surface area contributed by atoms with Gasteiger partial charge in [-0.1, -0.05) is 29.8 Å². The number of nitrogens with zero attached hydrogens (tertiary/aromatic N) is 2. The maximum atomic E-state index is 13.0. The molecule has 2 aromatic heterocycles. The van der Waals surface area contributed by atoms with Crippen molar-refractivity contribution >= 4 is 27.5 Å². The molecule has 0 spiro atoms. The van der Waals surface area contributed by atoms with Crippen molar-refractivity contribution in [1.29, 1.82) is 0 Å². The molecule has 0 saturated heterocycles. The largest absolute Gasteiger partial charge is 0.465 e. The third-order valence-electron chi connectivity index (χ3n) is 4.77. The average Bonchev–Trinajstić information content (AvgIpc) is 3.03. The Hall–Kier alpha value is -2.55. The van der Waals surface area contributed by atoms with Gasteiger partial charge in [0.25, 0.3) is 5.56 Å². The average molecular weight is 430 g/mol. The standard InChI is InChI=1S/C22H27N3O4S/c1-5-29-18(26)13-25(10-11-28-4)12-17-23-21(27)20-19(15(3)30-22(20)24-17)16-8-6-14(2)7-9-16/h6-9H,5,10-13H2,1-4H3,(H,23,24,27). The fourth-order valence-electron chi connectivity index (χ4n) is 3.34. The number of benzene rings is 1. The van der Waals surface area contributed by atoms with Gasteiger partial charge in [-0.05, 0) is 26.3 Å². The number of hydrogen-bond donors (Lipinski definition) is 1. The number of fused-ring (bicyclic) bond motifs is 1. The van der Waals surface area contributed by atoms with Crippen LogP contribution >= 0.6 is 11.3 Å². The quantitative estimate of drug-likeness (QED) is 0.526. The normalized spacial score (nSPS) is 11.4. The zero-order valence-electron chi connectivity index (χ0n) is 17.8. The molecule has 30 heavy (non-hydrogen) atoms. The first-order valence-corrected chi connectivity index (χ1v) is 10.7. The molecule has 0 aliphatic heterocycles. The molecular weight excluding hydrogens is 402 g/mol. The smallest absolute Gasteiger partial charge is 0.320 e. The Labute approximate surface area is 179 Å². The van der Waals surface area contributed by atoms with Crippen molar-refractivity contribution in [3.8, 4) is 11.1 Å². The van der Waals surface area contributed by atoms with Crippen molar-refractivity contribution < 1.29 is 14.3 Å². The number of aromatic amines is 1. The van der Waals surface area contributed by atoms with Crippen LogP contribution in [0.5, 0.6) is 0 Å². The van der Waals surface area contributed by atoms with Crippen LogP contribution in [-0.4, -0.2) is 54.3 Å². The van der Waals surface area contributed by atoms with Crippen LogP contribution in [0.25, 0.3) is 21.3 Å². The molecule has 0 amide bonds. The van der Waals surface area contributed by atoms with Gasteiger partial charge in [0.2, 0.25) is 0 Å². The van der Waals surface area contributed by atoms with Crippen LogP contribution in [0.15, 0.2) is 29.1 Å². The topological polar surface area (TPSA) is 84.5 Å². The Morgan fingerprint density at radius 1 is 1.23 bits per heavy atom. The molecule has 160 valence electrons. The van der Waals surface area contributed by atoms with E-state index in [9.17, 15) is 9.59 Å². The van der Waals surface area contributed by atoms with E-state index in [1.165, 1.54) is 16.9 Å². The van der Waals surface area contributed by atoms with Gasteiger partial charge in [0.05, 0.1) is 31.7 Å². The lowest BCUT2D eigenvalue weighted by molar-refractivity contribution is -0.144. The molecule has 0 bridgehead atoms. The summed E-state index contributed by atoms with van der Waals surface area (Å²) in [7, 11) is 1.61. The number of rotatable bonds is 9. The number of methoxy groups -OCH3 is 1. The van der Waals surface area contributed by atoms with E-state index in [1.807, 2.05) is 43.0 Å². The van der Waals surface area contributed by atoms with Gasteiger partial charge in [-0.2, -0.15) is 0 Å². The molecule has 0 radical (unpaired) electrons. The highest BCUT2D eigenvalue weighted by molar-refractivity contribution is 7.19. The van der Waals surface area contributed by atoms with E-state index >= 15 is 0 Å². The van der Waals surface area contributed by atoms with E-state index in [-0.39, 0.29) is 18.1 Å². The van der Waals surface area contributed by atoms with Gasteiger partial charge in [0, 0.05) is 24.1 Å². The van der Waals surface area contributed by atoms with Crippen LogP contribution < -0.4 is 5.56 Å². The zero-order chi connectivity index (χ0) is 21.7.